The molecule has 3 aromatic rings. The quantitative estimate of drug-likeness (QED) is 0.204. The fraction of sp³-hybridized carbons (Fsp3) is 0.364. The first-order chi connectivity index (χ1) is 18.8. The molecule has 0 saturated heterocycles. The first kappa shape index (κ1) is 28.3. The Kier molecular flexibility index (Phi) is 9.35. The molecule has 204 valence electrons. The number of nitrogens with zero attached hydrogens (tertiary/aromatic N) is 2. The minimum atomic E-state index is -4.46. The molecule has 1 saturated carbocycles. The van der Waals surface area contributed by atoms with Crippen molar-refractivity contribution in [3.63, 3.8) is 0 Å². The van der Waals surface area contributed by atoms with Crippen LogP contribution >= 0.6 is 0 Å². The molecule has 3 nitrogen and oxygen atoms in total. The zero-order chi connectivity index (χ0) is 27.8. The van der Waals surface area contributed by atoms with Crippen molar-refractivity contribution in [3.8, 4) is 11.8 Å². The van der Waals surface area contributed by atoms with Gasteiger partial charge in [-0.25, -0.2) is 0 Å². The normalized spacial score (nSPS) is 14.6. The van der Waals surface area contributed by atoms with E-state index < -0.39 is 11.7 Å². The second-order valence-corrected chi connectivity index (χ2v) is 10.1. The third-order valence-corrected chi connectivity index (χ3v) is 7.51. The Morgan fingerprint density at radius 2 is 1.77 bits per heavy atom. The standard InChI is InChI=1S/C33H35F3N2O/c1-3-38(18-19-39-32-16-13-26(14-17-32)25-8-5-4-6-9-25)31-15-12-27(24(2)20-31)21-29(23-37)28-10-7-11-30(22-28)33(34,35)36/h7,10-17,20-22,25H,3-6,8-9,18-19H2,1-2H3/b29-21+. The van der Waals surface area contributed by atoms with Gasteiger partial charge in [-0.05, 0) is 97.3 Å². The Morgan fingerprint density at radius 3 is 2.41 bits per heavy atom. The summed E-state index contributed by atoms with van der Waals surface area (Å²) in [5.41, 5.74) is 3.83. The van der Waals surface area contributed by atoms with Crippen LogP contribution in [-0.2, 0) is 6.18 Å². The lowest BCUT2D eigenvalue weighted by molar-refractivity contribution is -0.137. The Labute approximate surface area is 229 Å². The van der Waals surface area contributed by atoms with E-state index in [0.29, 0.717) is 19.1 Å². The number of allylic oxidation sites excluding steroid dienone is 1. The summed E-state index contributed by atoms with van der Waals surface area (Å²) in [6, 6.07) is 21.4. The number of aryl methyl sites for hydroxylation is 1. The van der Waals surface area contributed by atoms with Crippen molar-refractivity contribution in [2.45, 2.75) is 58.0 Å². The van der Waals surface area contributed by atoms with Crippen molar-refractivity contribution >= 4 is 17.3 Å². The zero-order valence-electron chi connectivity index (χ0n) is 22.6. The average Bonchev–Trinajstić information content (AvgIpc) is 2.95. The number of anilines is 1. The predicted molar refractivity (Wildman–Crippen MR) is 152 cm³/mol. The molecular weight excluding hydrogens is 497 g/mol. The van der Waals surface area contributed by atoms with Crippen molar-refractivity contribution in [1.82, 2.24) is 0 Å². The summed E-state index contributed by atoms with van der Waals surface area (Å²) >= 11 is 0. The number of rotatable bonds is 9. The molecule has 0 amide bonds. The summed E-state index contributed by atoms with van der Waals surface area (Å²) in [5, 5.41) is 9.66. The monoisotopic (exact) mass is 532 g/mol. The van der Waals surface area contributed by atoms with Crippen molar-refractivity contribution in [1.29, 1.82) is 5.26 Å². The van der Waals surface area contributed by atoms with E-state index in [-0.39, 0.29) is 11.1 Å². The van der Waals surface area contributed by atoms with E-state index in [2.05, 4.69) is 42.2 Å². The molecule has 0 aromatic heterocycles. The summed E-state index contributed by atoms with van der Waals surface area (Å²) in [4.78, 5) is 2.22. The highest BCUT2D eigenvalue weighted by Crippen LogP contribution is 2.34. The molecule has 0 aliphatic heterocycles. The van der Waals surface area contributed by atoms with Gasteiger partial charge in [0.2, 0.25) is 0 Å². The van der Waals surface area contributed by atoms with Gasteiger partial charge in [-0.15, -0.1) is 0 Å². The molecule has 3 aromatic carbocycles. The van der Waals surface area contributed by atoms with Crippen molar-refractivity contribution < 1.29 is 17.9 Å². The minimum absolute atomic E-state index is 0.187. The highest BCUT2D eigenvalue weighted by atomic mass is 19.4. The summed E-state index contributed by atoms with van der Waals surface area (Å²) < 4.78 is 45.4. The summed E-state index contributed by atoms with van der Waals surface area (Å²) in [6.07, 6.45) is 3.74. The van der Waals surface area contributed by atoms with Crippen molar-refractivity contribution in [2.24, 2.45) is 0 Å². The van der Waals surface area contributed by atoms with Gasteiger partial charge in [-0.1, -0.05) is 49.6 Å². The molecule has 0 unspecified atom stereocenters. The van der Waals surface area contributed by atoms with Crippen LogP contribution in [0.3, 0.4) is 0 Å². The molecule has 1 fully saturated rings. The maximum Gasteiger partial charge on any atom is 0.416 e. The van der Waals surface area contributed by atoms with Gasteiger partial charge < -0.3 is 9.64 Å². The van der Waals surface area contributed by atoms with Gasteiger partial charge in [-0.2, -0.15) is 18.4 Å². The molecule has 6 heteroatoms. The average molecular weight is 533 g/mol. The molecule has 0 bridgehead atoms. The molecule has 0 radical (unpaired) electrons. The molecule has 0 atom stereocenters. The lowest BCUT2D eigenvalue weighted by atomic mass is 9.84. The highest BCUT2D eigenvalue weighted by Gasteiger charge is 2.30. The summed E-state index contributed by atoms with van der Waals surface area (Å²) in [5.74, 6) is 1.56. The van der Waals surface area contributed by atoms with Gasteiger partial charge in [-0.3, -0.25) is 0 Å². The van der Waals surface area contributed by atoms with Crippen LogP contribution in [0.15, 0.2) is 66.7 Å². The smallest absolute Gasteiger partial charge is 0.416 e. The number of likely N-dealkylation sites (N-methyl/N-ethyl adjacent to an activating group) is 1. The molecule has 0 N–H and O–H groups in total. The van der Waals surface area contributed by atoms with E-state index in [1.165, 1.54) is 49.8 Å². The summed E-state index contributed by atoms with van der Waals surface area (Å²) in [7, 11) is 0. The Morgan fingerprint density at radius 1 is 1.03 bits per heavy atom. The van der Waals surface area contributed by atoms with Gasteiger partial charge in [0.05, 0.1) is 23.8 Å². The largest absolute Gasteiger partial charge is 0.492 e. The van der Waals surface area contributed by atoms with Crippen LogP contribution in [0.4, 0.5) is 18.9 Å². The molecule has 4 rings (SSSR count). The number of ether oxygens (including phenoxy) is 1. The minimum Gasteiger partial charge on any atom is -0.492 e. The fourth-order valence-electron chi connectivity index (χ4n) is 5.23. The fourth-order valence-corrected chi connectivity index (χ4v) is 5.23. The molecular formula is C33H35F3N2O. The van der Waals surface area contributed by atoms with Gasteiger partial charge in [0.1, 0.15) is 12.4 Å². The van der Waals surface area contributed by atoms with E-state index in [0.717, 1.165) is 41.2 Å². The molecule has 1 aliphatic carbocycles. The third kappa shape index (κ3) is 7.44. The SMILES string of the molecule is CCN(CCOc1ccc(C2CCCCC2)cc1)c1ccc(/C=C(\C#N)c2cccc(C(F)(F)F)c2)c(C)c1. The van der Waals surface area contributed by atoms with E-state index in [9.17, 15) is 18.4 Å². The number of hydrogen-bond donors (Lipinski definition) is 0. The molecule has 0 heterocycles. The van der Waals surface area contributed by atoms with E-state index in [4.69, 9.17) is 4.74 Å². The Balaban J connectivity index is 1.40. The number of hydrogen-bond acceptors (Lipinski definition) is 3. The van der Waals surface area contributed by atoms with Crippen LogP contribution in [0.1, 0.15) is 72.8 Å². The van der Waals surface area contributed by atoms with Crippen LogP contribution in [0, 0.1) is 18.3 Å². The number of benzene rings is 3. The van der Waals surface area contributed by atoms with Gasteiger partial charge >= 0.3 is 6.18 Å². The topological polar surface area (TPSA) is 36.3 Å². The number of alkyl halides is 3. The zero-order valence-corrected chi connectivity index (χ0v) is 22.6. The maximum absolute atomic E-state index is 13.1. The van der Waals surface area contributed by atoms with Crippen LogP contribution < -0.4 is 9.64 Å². The highest BCUT2D eigenvalue weighted by molar-refractivity contribution is 5.90. The van der Waals surface area contributed by atoms with Gasteiger partial charge in [0, 0.05) is 12.2 Å². The Hall–Kier alpha value is -3.72. The maximum atomic E-state index is 13.1. The second-order valence-electron chi connectivity index (χ2n) is 10.1. The van der Waals surface area contributed by atoms with Crippen molar-refractivity contribution in [3.05, 3.63) is 94.5 Å². The Bertz CT molecular complexity index is 1320. The number of nitriles is 1. The number of halogens is 3. The molecule has 39 heavy (non-hydrogen) atoms. The lowest BCUT2D eigenvalue weighted by Gasteiger charge is -2.24. The van der Waals surface area contributed by atoms with E-state index >= 15 is 0 Å². The van der Waals surface area contributed by atoms with Crippen LogP contribution in [0.25, 0.3) is 11.6 Å². The lowest BCUT2D eigenvalue weighted by Crippen LogP contribution is -2.28. The predicted octanol–water partition coefficient (Wildman–Crippen LogP) is 9.03. The van der Waals surface area contributed by atoms with E-state index in [1.54, 1.807) is 6.08 Å². The first-order valence-corrected chi connectivity index (χ1v) is 13.7. The van der Waals surface area contributed by atoms with E-state index in [1.807, 2.05) is 25.1 Å². The second kappa shape index (κ2) is 12.9. The van der Waals surface area contributed by atoms with Gasteiger partial charge in [0.15, 0.2) is 0 Å². The van der Waals surface area contributed by atoms with Crippen LogP contribution in [0.5, 0.6) is 5.75 Å². The first-order valence-electron chi connectivity index (χ1n) is 13.7. The molecule has 1 aliphatic rings. The van der Waals surface area contributed by atoms with Crippen molar-refractivity contribution in [2.75, 3.05) is 24.6 Å². The molecule has 0 spiro atoms. The van der Waals surface area contributed by atoms with Crippen LogP contribution in [0.2, 0.25) is 0 Å². The third-order valence-electron chi connectivity index (χ3n) is 7.51. The van der Waals surface area contributed by atoms with Gasteiger partial charge in [0.25, 0.3) is 0 Å². The van der Waals surface area contributed by atoms with Crippen LogP contribution in [-0.4, -0.2) is 19.7 Å². The summed E-state index contributed by atoms with van der Waals surface area (Å²) in [6.45, 7) is 6.08.